The molecule has 1 aliphatic heterocycles. The highest BCUT2D eigenvalue weighted by Gasteiger charge is 2.26. The van der Waals surface area contributed by atoms with E-state index in [1.807, 2.05) is 0 Å². The van der Waals surface area contributed by atoms with E-state index in [2.05, 4.69) is 6.92 Å². The maximum Gasteiger partial charge on any atom is 0.345 e. The molecule has 1 fully saturated rings. The van der Waals surface area contributed by atoms with Gasteiger partial charge in [0.1, 0.15) is 4.88 Å². The lowest BCUT2D eigenvalue weighted by Gasteiger charge is -2.14. The minimum absolute atomic E-state index is 0.165. The van der Waals surface area contributed by atoms with Gasteiger partial charge in [0.05, 0.1) is 6.54 Å². The van der Waals surface area contributed by atoms with Gasteiger partial charge in [0.25, 0.3) is 0 Å². The molecule has 0 radical (unpaired) electrons. The van der Waals surface area contributed by atoms with Gasteiger partial charge in [-0.1, -0.05) is 6.92 Å². The SMILES string of the molecule is CC1CC(=O)N(Cc2ccc(C(=O)O)s2)C1. The van der Waals surface area contributed by atoms with Crippen molar-refractivity contribution in [1.29, 1.82) is 0 Å². The fourth-order valence-electron chi connectivity index (χ4n) is 1.89. The van der Waals surface area contributed by atoms with Gasteiger partial charge in [-0.15, -0.1) is 11.3 Å². The number of carbonyl (C=O) groups excluding carboxylic acids is 1. The Kier molecular flexibility index (Phi) is 2.96. The first-order valence-corrected chi connectivity index (χ1v) is 5.97. The molecule has 1 amide bonds. The minimum Gasteiger partial charge on any atom is -0.477 e. The summed E-state index contributed by atoms with van der Waals surface area (Å²) in [6.45, 7) is 3.37. The first-order chi connectivity index (χ1) is 7.56. The van der Waals surface area contributed by atoms with Gasteiger partial charge in [0.2, 0.25) is 5.91 Å². The van der Waals surface area contributed by atoms with Crippen LogP contribution in [0.5, 0.6) is 0 Å². The molecule has 1 unspecified atom stereocenters. The monoisotopic (exact) mass is 239 g/mol. The third-order valence-electron chi connectivity index (χ3n) is 2.63. The Hall–Kier alpha value is -1.36. The zero-order valence-corrected chi connectivity index (χ0v) is 9.79. The number of carboxylic acids is 1. The summed E-state index contributed by atoms with van der Waals surface area (Å²) in [4.78, 5) is 25.3. The Morgan fingerprint density at radius 3 is 2.88 bits per heavy atom. The Bertz CT molecular complexity index is 427. The largest absolute Gasteiger partial charge is 0.477 e. The van der Waals surface area contributed by atoms with E-state index in [1.165, 1.54) is 11.3 Å². The molecular weight excluding hydrogens is 226 g/mol. The fraction of sp³-hybridized carbons (Fsp3) is 0.455. The molecule has 0 saturated carbocycles. The van der Waals surface area contributed by atoms with Crippen molar-refractivity contribution >= 4 is 23.2 Å². The first kappa shape index (κ1) is 11.1. The third-order valence-corrected chi connectivity index (χ3v) is 3.68. The minimum atomic E-state index is -0.905. The summed E-state index contributed by atoms with van der Waals surface area (Å²) in [5.41, 5.74) is 0. The number of nitrogens with zero attached hydrogens (tertiary/aromatic N) is 1. The van der Waals surface area contributed by atoms with Gasteiger partial charge in [-0.05, 0) is 18.1 Å². The third kappa shape index (κ3) is 2.24. The van der Waals surface area contributed by atoms with Crippen LogP contribution in [0, 0.1) is 5.92 Å². The standard InChI is InChI=1S/C11H13NO3S/c1-7-4-10(13)12(5-7)6-8-2-3-9(16-8)11(14)15/h2-3,7H,4-6H2,1H3,(H,14,15). The molecule has 16 heavy (non-hydrogen) atoms. The summed E-state index contributed by atoms with van der Waals surface area (Å²) in [5.74, 6) is -0.332. The van der Waals surface area contributed by atoms with Crippen LogP contribution in [0.2, 0.25) is 0 Å². The first-order valence-electron chi connectivity index (χ1n) is 5.16. The summed E-state index contributed by atoms with van der Waals surface area (Å²) >= 11 is 1.24. The number of hydrogen-bond donors (Lipinski definition) is 1. The van der Waals surface area contributed by atoms with Crippen molar-refractivity contribution in [2.45, 2.75) is 19.9 Å². The van der Waals surface area contributed by atoms with Crippen LogP contribution in [0.3, 0.4) is 0 Å². The Morgan fingerprint density at radius 1 is 1.62 bits per heavy atom. The quantitative estimate of drug-likeness (QED) is 0.875. The molecule has 4 nitrogen and oxygen atoms in total. The predicted octanol–water partition coefficient (Wildman–Crippen LogP) is 1.81. The van der Waals surface area contributed by atoms with Crippen molar-refractivity contribution in [3.05, 3.63) is 21.9 Å². The average Bonchev–Trinajstić information content (AvgIpc) is 2.75. The topological polar surface area (TPSA) is 57.6 Å². The van der Waals surface area contributed by atoms with E-state index in [0.717, 1.165) is 11.4 Å². The second-order valence-electron chi connectivity index (χ2n) is 4.15. The zero-order chi connectivity index (χ0) is 11.7. The molecule has 0 spiro atoms. The summed E-state index contributed by atoms with van der Waals surface area (Å²) in [6, 6.07) is 3.37. The van der Waals surface area contributed by atoms with Gasteiger partial charge < -0.3 is 10.0 Å². The van der Waals surface area contributed by atoms with E-state index in [4.69, 9.17) is 5.11 Å². The number of likely N-dealkylation sites (tertiary alicyclic amines) is 1. The van der Waals surface area contributed by atoms with E-state index in [-0.39, 0.29) is 5.91 Å². The maximum atomic E-state index is 11.5. The van der Waals surface area contributed by atoms with Crippen molar-refractivity contribution in [3.63, 3.8) is 0 Å². The molecule has 2 heterocycles. The molecule has 1 aromatic heterocycles. The van der Waals surface area contributed by atoms with Gasteiger partial charge in [0.15, 0.2) is 0 Å². The van der Waals surface area contributed by atoms with E-state index in [0.29, 0.717) is 23.8 Å². The molecule has 1 aliphatic rings. The van der Waals surface area contributed by atoms with Crippen LogP contribution >= 0.6 is 11.3 Å². The second-order valence-corrected chi connectivity index (χ2v) is 5.32. The molecule has 0 aromatic carbocycles. The molecule has 1 aromatic rings. The van der Waals surface area contributed by atoms with Gasteiger partial charge in [-0.2, -0.15) is 0 Å². The van der Waals surface area contributed by atoms with Crippen LogP contribution in [-0.4, -0.2) is 28.4 Å². The smallest absolute Gasteiger partial charge is 0.345 e. The molecule has 1 atom stereocenters. The van der Waals surface area contributed by atoms with Gasteiger partial charge in [0, 0.05) is 17.8 Å². The molecular formula is C11H13NO3S. The summed E-state index contributed by atoms with van der Waals surface area (Å²) in [5, 5.41) is 8.78. The van der Waals surface area contributed by atoms with Crippen LogP contribution in [-0.2, 0) is 11.3 Å². The normalized spacial score (nSPS) is 20.4. The molecule has 86 valence electrons. The predicted molar refractivity (Wildman–Crippen MR) is 60.5 cm³/mol. The van der Waals surface area contributed by atoms with Gasteiger partial charge in [-0.3, -0.25) is 4.79 Å². The second kappa shape index (κ2) is 4.25. The molecule has 5 heteroatoms. The zero-order valence-electron chi connectivity index (χ0n) is 8.97. The van der Waals surface area contributed by atoms with Gasteiger partial charge in [-0.25, -0.2) is 4.79 Å². The van der Waals surface area contributed by atoms with Crippen LogP contribution in [0.1, 0.15) is 27.9 Å². The number of aromatic carboxylic acids is 1. The average molecular weight is 239 g/mol. The summed E-state index contributed by atoms with van der Waals surface area (Å²) < 4.78 is 0. The molecule has 1 saturated heterocycles. The lowest BCUT2D eigenvalue weighted by atomic mass is 10.2. The summed E-state index contributed by atoms with van der Waals surface area (Å²) in [6.07, 6.45) is 0.608. The number of amides is 1. The lowest BCUT2D eigenvalue weighted by molar-refractivity contribution is -0.128. The molecule has 0 bridgehead atoms. The van der Waals surface area contributed by atoms with Gasteiger partial charge >= 0.3 is 5.97 Å². The highest BCUT2D eigenvalue weighted by atomic mass is 32.1. The van der Waals surface area contributed by atoms with E-state index in [1.54, 1.807) is 17.0 Å². The van der Waals surface area contributed by atoms with E-state index < -0.39 is 5.97 Å². The lowest BCUT2D eigenvalue weighted by Crippen LogP contribution is -2.23. The number of thiophene rings is 1. The van der Waals surface area contributed by atoms with Crippen molar-refractivity contribution in [1.82, 2.24) is 4.90 Å². The van der Waals surface area contributed by atoms with Crippen LogP contribution in [0.4, 0.5) is 0 Å². The van der Waals surface area contributed by atoms with Crippen molar-refractivity contribution in [2.75, 3.05) is 6.54 Å². The van der Waals surface area contributed by atoms with Crippen molar-refractivity contribution in [3.8, 4) is 0 Å². The Balaban J connectivity index is 2.04. The number of hydrogen-bond acceptors (Lipinski definition) is 3. The van der Waals surface area contributed by atoms with E-state index in [9.17, 15) is 9.59 Å². The number of carboxylic acid groups (broad SMARTS) is 1. The van der Waals surface area contributed by atoms with Crippen LogP contribution in [0.25, 0.3) is 0 Å². The number of carbonyl (C=O) groups is 2. The Labute approximate surface area is 97.5 Å². The molecule has 2 rings (SSSR count). The fourth-order valence-corrected chi connectivity index (χ4v) is 2.75. The molecule has 1 N–H and O–H groups in total. The maximum absolute atomic E-state index is 11.5. The number of rotatable bonds is 3. The molecule has 0 aliphatic carbocycles. The highest BCUT2D eigenvalue weighted by molar-refractivity contribution is 7.13. The van der Waals surface area contributed by atoms with Crippen molar-refractivity contribution in [2.24, 2.45) is 5.92 Å². The van der Waals surface area contributed by atoms with E-state index >= 15 is 0 Å². The van der Waals surface area contributed by atoms with Crippen LogP contribution in [0.15, 0.2) is 12.1 Å². The Morgan fingerprint density at radius 2 is 2.38 bits per heavy atom. The summed E-state index contributed by atoms with van der Waals surface area (Å²) in [7, 11) is 0. The van der Waals surface area contributed by atoms with Crippen molar-refractivity contribution < 1.29 is 14.7 Å². The van der Waals surface area contributed by atoms with Crippen LogP contribution < -0.4 is 0 Å². The highest BCUT2D eigenvalue weighted by Crippen LogP contribution is 2.23.